The summed E-state index contributed by atoms with van der Waals surface area (Å²) in [5.41, 5.74) is 7.18. The van der Waals surface area contributed by atoms with Crippen LogP contribution < -0.4 is 10.6 Å². The van der Waals surface area contributed by atoms with Crippen molar-refractivity contribution in [1.82, 2.24) is 4.98 Å². The third kappa shape index (κ3) is 4.87. The zero-order chi connectivity index (χ0) is 12.1. The molecule has 0 atom stereocenters. The Balaban J connectivity index is 0.00000162. The summed E-state index contributed by atoms with van der Waals surface area (Å²) in [6.45, 7) is 2.93. The molecule has 2 heterocycles. The highest BCUT2D eigenvalue weighted by Gasteiger charge is 2.18. The number of nitrogens with zero attached hydrogens (tertiary/aromatic N) is 3. The van der Waals surface area contributed by atoms with Crippen LogP contribution in [-0.2, 0) is 0 Å². The fourth-order valence-electron chi connectivity index (χ4n) is 2.35. The van der Waals surface area contributed by atoms with Crippen LogP contribution in [-0.4, -0.2) is 24.6 Å². The summed E-state index contributed by atoms with van der Waals surface area (Å²) in [4.78, 5) is 6.44. The first-order valence-electron chi connectivity index (χ1n) is 6.14. The second-order valence-corrected chi connectivity index (χ2v) is 4.52. The number of nitrogens with two attached hydrogens (primary N) is 1. The van der Waals surface area contributed by atoms with Crippen LogP contribution in [0.15, 0.2) is 18.3 Å². The molecule has 106 valence electrons. The number of hydrogen-bond donors (Lipinski definition) is 1. The monoisotopic (exact) mass is 302 g/mol. The maximum absolute atomic E-state index is 8.69. The second-order valence-electron chi connectivity index (χ2n) is 4.52. The molecule has 1 aliphatic heterocycles. The molecule has 4 nitrogen and oxygen atoms in total. The molecule has 1 aliphatic rings. The molecule has 0 unspecified atom stereocenters. The lowest BCUT2D eigenvalue weighted by molar-refractivity contribution is 0.386. The van der Waals surface area contributed by atoms with Crippen LogP contribution in [0.25, 0.3) is 0 Å². The molecule has 19 heavy (non-hydrogen) atoms. The van der Waals surface area contributed by atoms with E-state index >= 15 is 0 Å². The molecule has 0 amide bonds. The predicted octanol–water partition coefficient (Wildman–Crippen LogP) is 2.36. The highest BCUT2D eigenvalue weighted by Crippen LogP contribution is 2.24. The van der Waals surface area contributed by atoms with E-state index in [1.165, 1.54) is 12.8 Å². The Labute approximate surface area is 126 Å². The van der Waals surface area contributed by atoms with Crippen LogP contribution in [0.5, 0.6) is 0 Å². The molecule has 0 aliphatic carbocycles. The van der Waals surface area contributed by atoms with Crippen molar-refractivity contribution in [3.63, 3.8) is 0 Å². The first kappa shape index (κ1) is 18.0. The average molecular weight is 303 g/mol. The molecule has 0 aromatic carbocycles. The Bertz CT molecular complexity index is 394. The Morgan fingerprint density at radius 2 is 2.00 bits per heavy atom. The van der Waals surface area contributed by atoms with E-state index in [0.717, 1.165) is 37.7 Å². The summed E-state index contributed by atoms with van der Waals surface area (Å²) in [7, 11) is 0. The predicted molar refractivity (Wildman–Crippen MR) is 82.1 cm³/mol. The lowest BCUT2D eigenvalue weighted by atomic mass is 9.93. The number of pyridine rings is 1. The van der Waals surface area contributed by atoms with Gasteiger partial charge in [-0.1, -0.05) is 0 Å². The van der Waals surface area contributed by atoms with Gasteiger partial charge in [-0.2, -0.15) is 5.26 Å². The van der Waals surface area contributed by atoms with Crippen molar-refractivity contribution < 1.29 is 0 Å². The van der Waals surface area contributed by atoms with Crippen molar-refractivity contribution in [2.24, 2.45) is 11.7 Å². The van der Waals surface area contributed by atoms with Crippen LogP contribution in [0.4, 0.5) is 5.69 Å². The molecule has 6 heteroatoms. The fourth-order valence-corrected chi connectivity index (χ4v) is 2.35. The first-order valence-corrected chi connectivity index (χ1v) is 6.14. The quantitative estimate of drug-likeness (QED) is 0.931. The number of piperidine rings is 1. The maximum atomic E-state index is 8.69. The van der Waals surface area contributed by atoms with Gasteiger partial charge in [0.1, 0.15) is 11.8 Å². The number of nitriles is 1. The molecule has 0 saturated carbocycles. The molecule has 0 bridgehead atoms. The molecular formula is C13H20Cl2N4. The highest BCUT2D eigenvalue weighted by atomic mass is 35.5. The van der Waals surface area contributed by atoms with Gasteiger partial charge in [0.15, 0.2) is 0 Å². The normalized spacial score (nSPS) is 15.1. The van der Waals surface area contributed by atoms with Crippen molar-refractivity contribution >= 4 is 30.5 Å². The van der Waals surface area contributed by atoms with Crippen molar-refractivity contribution in [1.29, 1.82) is 5.26 Å². The Hall–Kier alpha value is -1.02. The minimum absolute atomic E-state index is 0. The molecule has 2 rings (SSSR count). The van der Waals surface area contributed by atoms with E-state index in [4.69, 9.17) is 11.0 Å². The van der Waals surface area contributed by atoms with Crippen molar-refractivity contribution in [3.05, 3.63) is 24.0 Å². The van der Waals surface area contributed by atoms with Crippen molar-refractivity contribution in [2.45, 2.75) is 19.3 Å². The largest absolute Gasteiger partial charge is 0.370 e. The Morgan fingerprint density at radius 3 is 2.47 bits per heavy atom. The lowest BCUT2D eigenvalue weighted by Gasteiger charge is -2.33. The summed E-state index contributed by atoms with van der Waals surface area (Å²) in [5, 5.41) is 8.69. The number of anilines is 1. The van der Waals surface area contributed by atoms with Gasteiger partial charge in [-0.25, -0.2) is 4.98 Å². The molecule has 1 aromatic heterocycles. The van der Waals surface area contributed by atoms with E-state index in [0.29, 0.717) is 5.69 Å². The van der Waals surface area contributed by atoms with Crippen LogP contribution in [0.3, 0.4) is 0 Å². The summed E-state index contributed by atoms with van der Waals surface area (Å²) in [6.07, 6.45) is 5.34. The SMILES string of the molecule is Cl.Cl.N#Cc1ccc(N2CCC(CCN)CC2)cn1. The van der Waals surface area contributed by atoms with E-state index < -0.39 is 0 Å². The van der Waals surface area contributed by atoms with Gasteiger partial charge in [-0.3, -0.25) is 0 Å². The van der Waals surface area contributed by atoms with Crippen molar-refractivity contribution in [2.75, 3.05) is 24.5 Å². The van der Waals surface area contributed by atoms with E-state index in [1.54, 1.807) is 12.3 Å². The minimum Gasteiger partial charge on any atom is -0.370 e. The molecule has 0 spiro atoms. The van der Waals surface area contributed by atoms with Gasteiger partial charge < -0.3 is 10.6 Å². The molecule has 1 saturated heterocycles. The van der Waals surface area contributed by atoms with Gasteiger partial charge in [0.05, 0.1) is 11.9 Å². The van der Waals surface area contributed by atoms with Gasteiger partial charge >= 0.3 is 0 Å². The summed E-state index contributed by atoms with van der Waals surface area (Å²) in [5.74, 6) is 0.780. The minimum atomic E-state index is 0. The van der Waals surface area contributed by atoms with Gasteiger partial charge in [0.2, 0.25) is 0 Å². The van der Waals surface area contributed by atoms with E-state index in [2.05, 4.69) is 9.88 Å². The van der Waals surface area contributed by atoms with Crippen LogP contribution in [0.1, 0.15) is 25.0 Å². The number of rotatable bonds is 3. The molecule has 2 N–H and O–H groups in total. The van der Waals surface area contributed by atoms with Crippen molar-refractivity contribution in [3.8, 4) is 6.07 Å². The lowest BCUT2D eigenvalue weighted by Crippen LogP contribution is -2.34. The third-order valence-electron chi connectivity index (χ3n) is 3.42. The smallest absolute Gasteiger partial charge is 0.140 e. The second kappa shape index (κ2) is 8.98. The van der Waals surface area contributed by atoms with Gasteiger partial charge in [0, 0.05) is 13.1 Å². The van der Waals surface area contributed by atoms with Crippen LogP contribution in [0, 0.1) is 17.2 Å². The standard InChI is InChI=1S/C13H18N4.2ClH/c14-6-3-11-4-7-17(8-5-11)13-2-1-12(9-15)16-10-13;;/h1-2,10-11H,3-8,14H2;2*1H. The van der Waals surface area contributed by atoms with Crippen LogP contribution >= 0.6 is 24.8 Å². The first-order chi connectivity index (χ1) is 8.33. The van der Waals surface area contributed by atoms with Gasteiger partial charge in [-0.05, 0) is 43.9 Å². The zero-order valence-electron chi connectivity index (χ0n) is 10.8. The average Bonchev–Trinajstić information content (AvgIpc) is 2.40. The summed E-state index contributed by atoms with van der Waals surface area (Å²) in [6, 6.07) is 5.80. The van der Waals surface area contributed by atoms with Gasteiger partial charge in [-0.15, -0.1) is 24.8 Å². The summed E-state index contributed by atoms with van der Waals surface area (Å²) < 4.78 is 0. The number of halogens is 2. The van der Waals surface area contributed by atoms with E-state index in [9.17, 15) is 0 Å². The number of aromatic nitrogens is 1. The Morgan fingerprint density at radius 1 is 1.32 bits per heavy atom. The zero-order valence-corrected chi connectivity index (χ0v) is 12.4. The summed E-state index contributed by atoms with van der Waals surface area (Å²) >= 11 is 0. The highest BCUT2D eigenvalue weighted by molar-refractivity contribution is 5.85. The van der Waals surface area contributed by atoms with Gasteiger partial charge in [0.25, 0.3) is 0 Å². The number of hydrogen-bond acceptors (Lipinski definition) is 4. The molecule has 1 fully saturated rings. The molecule has 0 radical (unpaired) electrons. The van der Waals surface area contributed by atoms with E-state index in [1.807, 2.05) is 12.1 Å². The molecular weight excluding hydrogens is 283 g/mol. The maximum Gasteiger partial charge on any atom is 0.140 e. The topological polar surface area (TPSA) is 65.9 Å². The fraction of sp³-hybridized carbons (Fsp3) is 0.538. The van der Waals surface area contributed by atoms with Crippen LogP contribution in [0.2, 0.25) is 0 Å². The molecule has 1 aromatic rings. The van der Waals surface area contributed by atoms with E-state index in [-0.39, 0.29) is 24.8 Å². The Kier molecular flexibility index (Phi) is 8.49. The third-order valence-corrected chi connectivity index (χ3v) is 3.42.